The van der Waals surface area contributed by atoms with Crippen LogP contribution in [0, 0.1) is 12.3 Å². The third-order valence-corrected chi connectivity index (χ3v) is 2.06. The van der Waals surface area contributed by atoms with Crippen molar-refractivity contribution in [2.75, 3.05) is 20.7 Å². The molecule has 0 aliphatic carbocycles. The lowest BCUT2D eigenvalue weighted by atomic mass is 10.1. The van der Waals surface area contributed by atoms with Crippen LogP contribution in [0.25, 0.3) is 0 Å². The molecule has 0 radical (unpaired) electrons. The molecule has 0 unspecified atom stereocenters. The van der Waals surface area contributed by atoms with E-state index in [9.17, 15) is 4.79 Å². The Labute approximate surface area is 96.0 Å². The highest BCUT2D eigenvalue weighted by Gasteiger charge is 2.06. The van der Waals surface area contributed by atoms with Gasteiger partial charge in [0.1, 0.15) is 6.61 Å². The van der Waals surface area contributed by atoms with Crippen molar-refractivity contribution in [2.24, 2.45) is 0 Å². The zero-order valence-electron chi connectivity index (χ0n) is 9.56. The second kappa shape index (κ2) is 5.94. The van der Waals surface area contributed by atoms with Crippen LogP contribution < -0.4 is 0 Å². The Hall–Kier alpha value is -1.79. The third-order valence-electron chi connectivity index (χ3n) is 2.06. The number of benzene rings is 1. The van der Waals surface area contributed by atoms with Gasteiger partial charge in [0.2, 0.25) is 0 Å². The zero-order valence-corrected chi connectivity index (χ0v) is 9.56. The van der Waals surface area contributed by atoms with Crippen LogP contribution in [0.3, 0.4) is 0 Å². The van der Waals surface area contributed by atoms with E-state index in [1.54, 1.807) is 31.1 Å². The fourth-order valence-electron chi connectivity index (χ4n) is 1.23. The Bertz CT molecular complexity index is 387. The first-order valence-electron chi connectivity index (χ1n) is 4.97. The van der Waals surface area contributed by atoms with E-state index in [4.69, 9.17) is 11.2 Å². The molecule has 84 valence electrons. The Morgan fingerprint density at radius 1 is 1.38 bits per heavy atom. The molecule has 0 spiro atoms. The highest BCUT2D eigenvalue weighted by Crippen LogP contribution is 2.07. The van der Waals surface area contributed by atoms with Gasteiger partial charge in [-0.05, 0) is 17.7 Å². The van der Waals surface area contributed by atoms with E-state index in [0.717, 1.165) is 5.56 Å². The average Bonchev–Trinajstić information content (AvgIpc) is 2.29. The molecule has 0 fully saturated rings. The fourth-order valence-corrected chi connectivity index (χ4v) is 1.23. The molecule has 0 bridgehead atoms. The lowest BCUT2D eigenvalue weighted by molar-refractivity contribution is 0.0827. The minimum atomic E-state index is -0.00362. The maximum Gasteiger partial charge on any atom is 0.253 e. The Morgan fingerprint density at radius 2 is 2.00 bits per heavy atom. The van der Waals surface area contributed by atoms with Crippen LogP contribution >= 0.6 is 0 Å². The number of rotatable bonds is 4. The molecule has 16 heavy (non-hydrogen) atoms. The first kappa shape index (κ1) is 12.3. The van der Waals surface area contributed by atoms with Crippen molar-refractivity contribution >= 4 is 5.91 Å². The van der Waals surface area contributed by atoms with Crippen molar-refractivity contribution in [1.29, 1.82) is 0 Å². The molecule has 0 aromatic heterocycles. The summed E-state index contributed by atoms with van der Waals surface area (Å²) in [7, 11) is 3.46. The van der Waals surface area contributed by atoms with Crippen LogP contribution in [0.1, 0.15) is 15.9 Å². The molecule has 0 aliphatic heterocycles. The number of hydrogen-bond acceptors (Lipinski definition) is 2. The van der Waals surface area contributed by atoms with Gasteiger partial charge >= 0.3 is 0 Å². The number of carbonyl (C=O) groups excluding carboxylic acids is 1. The molecule has 0 N–H and O–H groups in total. The first-order valence-corrected chi connectivity index (χ1v) is 4.97. The van der Waals surface area contributed by atoms with Gasteiger partial charge in [-0.2, -0.15) is 0 Å². The van der Waals surface area contributed by atoms with E-state index in [1.165, 1.54) is 0 Å². The van der Waals surface area contributed by atoms with Gasteiger partial charge in [-0.15, -0.1) is 6.42 Å². The molecule has 0 atom stereocenters. The van der Waals surface area contributed by atoms with Gasteiger partial charge < -0.3 is 9.64 Å². The van der Waals surface area contributed by atoms with Crippen LogP contribution in [0.15, 0.2) is 24.3 Å². The van der Waals surface area contributed by atoms with Crippen molar-refractivity contribution in [3.8, 4) is 12.3 Å². The van der Waals surface area contributed by atoms with E-state index in [2.05, 4.69) is 5.92 Å². The van der Waals surface area contributed by atoms with Crippen LogP contribution in [-0.4, -0.2) is 31.5 Å². The van der Waals surface area contributed by atoms with E-state index >= 15 is 0 Å². The minimum Gasteiger partial charge on any atom is -0.364 e. The SMILES string of the molecule is C#CCOCc1ccc(C(=O)N(C)C)cc1. The zero-order chi connectivity index (χ0) is 12.0. The highest BCUT2D eigenvalue weighted by molar-refractivity contribution is 5.93. The molecule has 3 nitrogen and oxygen atoms in total. The first-order chi connectivity index (χ1) is 7.65. The van der Waals surface area contributed by atoms with Crippen molar-refractivity contribution in [2.45, 2.75) is 6.61 Å². The predicted octanol–water partition coefficient (Wildman–Crippen LogP) is 1.54. The summed E-state index contributed by atoms with van der Waals surface area (Å²) in [4.78, 5) is 13.1. The second-order valence-corrected chi connectivity index (χ2v) is 3.59. The van der Waals surface area contributed by atoms with Crippen LogP contribution in [0.5, 0.6) is 0 Å². The topological polar surface area (TPSA) is 29.5 Å². The largest absolute Gasteiger partial charge is 0.364 e. The van der Waals surface area contributed by atoms with Gasteiger partial charge in [-0.1, -0.05) is 18.1 Å². The summed E-state index contributed by atoms with van der Waals surface area (Å²) in [5, 5.41) is 0. The van der Waals surface area contributed by atoms with Gasteiger partial charge in [-0.25, -0.2) is 0 Å². The molecule has 1 rings (SSSR count). The summed E-state index contributed by atoms with van der Waals surface area (Å²) in [5.74, 6) is 2.40. The molecule has 1 aromatic carbocycles. The number of ether oxygens (including phenoxy) is 1. The quantitative estimate of drug-likeness (QED) is 0.565. The molecular formula is C13H15NO2. The summed E-state index contributed by atoms with van der Waals surface area (Å²) in [5.41, 5.74) is 1.68. The molecule has 0 aliphatic rings. The normalized spacial score (nSPS) is 9.56. The number of carbonyl (C=O) groups is 1. The molecule has 1 aromatic rings. The van der Waals surface area contributed by atoms with Crippen molar-refractivity contribution in [3.05, 3.63) is 35.4 Å². The Kier molecular flexibility index (Phi) is 4.56. The van der Waals surface area contributed by atoms with Gasteiger partial charge in [-0.3, -0.25) is 4.79 Å². The van der Waals surface area contributed by atoms with Crippen molar-refractivity contribution in [1.82, 2.24) is 4.90 Å². The van der Waals surface area contributed by atoms with E-state index in [0.29, 0.717) is 18.8 Å². The summed E-state index contributed by atoms with van der Waals surface area (Å²) in [6.07, 6.45) is 5.06. The molecule has 1 amide bonds. The Morgan fingerprint density at radius 3 is 2.50 bits per heavy atom. The van der Waals surface area contributed by atoms with Gasteiger partial charge in [0.05, 0.1) is 6.61 Å². The number of nitrogens with zero attached hydrogens (tertiary/aromatic N) is 1. The van der Waals surface area contributed by atoms with Crippen LogP contribution in [0.2, 0.25) is 0 Å². The highest BCUT2D eigenvalue weighted by atomic mass is 16.5. The van der Waals surface area contributed by atoms with Gasteiger partial charge in [0.15, 0.2) is 0 Å². The lowest BCUT2D eigenvalue weighted by Crippen LogP contribution is -2.21. The summed E-state index contributed by atoms with van der Waals surface area (Å²) >= 11 is 0. The number of terminal acetylenes is 1. The van der Waals surface area contributed by atoms with E-state index in [1.807, 2.05) is 12.1 Å². The van der Waals surface area contributed by atoms with Gasteiger partial charge in [0.25, 0.3) is 5.91 Å². The van der Waals surface area contributed by atoms with Gasteiger partial charge in [0, 0.05) is 19.7 Å². The van der Waals surface area contributed by atoms with Crippen molar-refractivity contribution in [3.63, 3.8) is 0 Å². The maximum atomic E-state index is 11.6. The summed E-state index contributed by atoms with van der Waals surface area (Å²) in [6.45, 7) is 0.777. The third kappa shape index (κ3) is 3.41. The smallest absolute Gasteiger partial charge is 0.253 e. The average molecular weight is 217 g/mol. The monoisotopic (exact) mass is 217 g/mol. The second-order valence-electron chi connectivity index (χ2n) is 3.59. The molecule has 0 saturated carbocycles. The maximum absolute atomic E-state index is 11.6. The molecule has 0 saturated heterocycles. The molecular weight excluding hydrogens is 202 g/mol. The van der Waals surface area contributed by atoms with Crippen LogP contribution in [-0.2, 0) is 11.3 Å². The molecule has 3 heteroatoms. The molecule has 0 heterocycles. The van der Waals surface area contributed by atoms with E-state index < -0.39 is 0 Å². The lowest BCUT2D eigenvalue weighted by Gasteiger charge is -2.10. The van der Waals surface area contributed by atoms with E-state index in [-0.39, 0.29) is 5.91 Å². The fraction of sp³-hybridized carbons (Fsp3) is 0.308. The number of amides is 1. The standard InChI is InChI=1S/C13H15NO2/c1-4-9-16-10-11-5-7-12(8-6-11)13(15)14(2)3/h1,5-8H,9-10H2,2-3H3. The van der Waals surface area contributed by atoms with Crippen LogP contribution in [0.4, 0.5) is 0 Å². The predicted molar refractivity (Wildman–Crippen MR) is 62.9 cm³/mol. The summed E-state index contributed by atoms with van der Waals surface area (Å²) < 4.78 is 5.19. The minimum absolute atomic E-state index is 0.00362. The Balaban J connectivity index is 2.61. The van der Waals surface area contributed by atoms with Crippen molar-refractivity contribution < 1.29 is 9.53 Å². The number of hydrogen-bond donors (Lipinski definition) is 0. The summed E-state index contributed by atoms with van der Waals surface area (Å²) in [6, 6.07) is 7.31.